The predicted molar refractivity (Wildman–Crippen MR) is 109 cm³/mol. The topological polar surface area (TPSA) is 177 Å². The number of hydrogen-bond donors (Lipinski definition) is 7. The first-order chi connectivity index (χ1) is 13.0. The van der Waals surface area contributed by atoms with Crippen LogP contribution in [0.15, 0.2) is 0 Å². The second kappa shape index (κ2) is 13.3. The molecule has 0 spiro atoms. The van der Waals surface area contributed by atoms with Gasteiger partial charge in [0.15, 0.2) is 0 Å². The lowest BCUT2D eigenvalue weighted by Crippen LogP contribution is -2.57. The zero-order valence-electron chi connectivity index (χ0n) is 16.6. The lowest BCUT2D eigenvalue weighted by molar-refractivity contribution is -0.141. The maximum Gasteiger partial charge on any atom is 0.325 e. The van der Waals surface area contributed by atoms with Gasteiger partial charge in [-0.25, -0.2) is 0 Å². The first-order valence-electron chi connectivity index (χ1n) is 9.25. The summed E-state index contributed by atoms with van der Waals surface area (Å²) in [5.74, 6) is -3.07. The summed E-state index contributed by atoms with van der Waals surface area (Å²) in [6.07, 6.45) is 1.59. The molecule has 0 bridgehead atoms. The van der Waals surface area contributed by atoms with E-state index in [4.69, 9.17) is 16.6 Å². The molecule has 0 aliphatic rings. The molecule has 4 atom stereocenters. The molecule has 0 aliphatic heterocycles. The molecule has 0 aromatic carbocycles. The van der Waals surface area contributed by atoms with Crippen LogP contribution in [0.5, 0.6) is 0 Å². The van der Waals surface area contributed by atoms with Crippen molar-refractivity contribution in [2.45, 2.75) is 64.2 Å². The molecule has 162 valence electrons. The van der Waals surface area contributed by atoms with E-state index in [1.807, 2.05) is 0 Å². The van der Waals surface area contributed by atoms with E-state index < -0.39 is 47.9 Å². The Morgan fingerprint density at radius 2 is 1.46 bits per heavy atom. The summed E-state index contributed by atoms with van der Waals surface area (Å²) in [6.45, 7) is 5.33. The Morgan fingerprint density at radius 1 is 0.929 bits per heavy atom. The highest BCUT2D eigenvalue weighted by molar-refractivity contribution is 7.80. The molecule has 8 N–H and O–H groups in total. The Morgan fingerprint density at radius 3 is 1.93 bits per heavy atom. The molecular formula is C17H33N5O5S. The third-order valence-electron chi connectivity index (χ3n) is 4.15. The van der Waals surface area contributed by atoms with Gasteiger partial charge in [-0.2, -0.15) is 12.6 Å². The predicted octanol–water partition coefficient (Wildman–Crippen LogP) is -1.41. The molecule has 3 amide bonds. The van der Waals surface area contributed by atoms with E-state index in [0.717, 1.165) is 0 Å². The molecule has 11 heteroatoms. The van der Waals surface area contributed by atoms with Crippen LogP contribution in [0.4, 0.5) is 0 Å². The second-order valence-corrected chi connectivity index (χ2v) is 7.29. The molecule has 0 heterocycles. The van der Waals surface area contributed by atoms with Crippen LogP contribution < -0.4 is 27.4 Å². The summed E-state index contributed by atoms with van der Waals surface area (Å²) < 4.78 is 0. The number of nitrogens with two attached hydrogens (primary N) is 2. The van der Waals surface area contributed by atoms with Crippen molar-refractivity contribution in [3.05, 3.63) is 0 Å². The number of thiol groups is 1. The number of unbranched alkanes of at least 4 members (excludes halogenated alkanes) is 1. The zero-order chi connectivity index (χ0) is 21.9. The van der Waals surface area contributed by atoms with Gasteiger partial charge >= 0.3 is 5.97 Å². The van der Waals surface area contributed by atoms with Gasteiger partial charge in [-0.3, -0.25) is 19.2 Å². The monoisotopic (exact) mass is 419 g/mol. The quantitative estimate of drug-likeness (QED) is 0.142. The molecule has 0 fully saturated rings. The fourth-order valence-corrected chi connectivity index (χ4v) is 2.43. The normalized spacial score (nSPS) is 15.2. The molecular weight excluding hydrogens is 386 g/mol. The van der Waals surface area contributed by atoms with Crippen LogP contribution in [0.25, 0.3) is 0 Å². The van der Waals surface area contributed by atoms with E-state index in [2.05, 4.69) is 28.6 Å². The van der Waals surface area contributed by atoms with Gasteiger partial charge in [0.25, 0.3) is 0 Å². The molecule has 10 nitrogen and oxygen atoms in total. The second-order valence-electron chi connectivity index (χ2n) is 6.93. The molecule has 0 saturated heterocycles. The summed E-state index contributed by atoms with van der Waals surface area (Å²) >= 11 is 4.04. The lowest BCUT2D eigenvalue weighted by atomic mass is 10.0. The van der Waals surface area contributed by atoms with E-state index in [0.29, 0.717) is 25.8 Å². The van der Waals surface area contributed by atoms with Crippen molar-refractivity contribution >= 4 is 36.3 Å². The van der Waals surface area contributed by atoms with Crippen molar-refractivity contribution in [2.75, 3.05) is 12.3 Å². The van der Waals surface area contributed by atoms with Gasteiger partial charge in [-0.05, 0) is 38.6 Å². The van der Waals surface area contributed by atoms with Crippen molar-refractivity contribution in [3.8, 4) is 0 Å². The minimum absolute atomic E-state index is 0.0428. The average Bonchev–Trinajstić information content (AvgIpc) is 2.63. The van der Waals surface area contributed by atoms with Crippen LogP contribution in [-0.4, -0.2) is 65.3 Å². The van der Waals surface area contributed by atoms with Gasteiger partial charge in [0.2, 0.25) is 17.7 Å². The van der Waals surface area contributed by atoms with E-state index in [1.165, 1.54) is 6.92 Å². The Labute approximate surface area is 171 Å². The molecule has 28 heavy (non-hydrogen) atoms. The maximum absolute atomic E-state index is 12.6. The fraction of sp³-hybridized carbons (Fsp3) is 0.765. The number of hydrogen-bond acceptors (Lipinski definition) is 7. The zero-order valence-corrected chi connectivity index (χ0v) is 17.5. The van der Waals surface area contributed by atoms with Gasteiger partial charge in [0, 0.05) is 5.75 Å². The van der Waals surface area contributed by atoms with Crippen molar-refractivity contribution in [3.63, 3.8) is 0 Å². The van der Waals surface area contributed by atoms with Gasteiger partial charge in [0.05, 0.1) is 6.04 Å². The third kappa shape index (κ3) is 9.38. The summed E-state index contributed by atoms with van der Waals surface area (Å²) in [4.78, 5) is 47.9. The number of carboxylic acid groups (broad SMARTS) is 1. The average molecular weight is 420 g/mol. The minimum Gasteiger partial charge on any atom is -0.480 e. The number of amides is 3. The summed E-state index contributed by atoms with van der Waals surface area (Å²) in [7, 11) is 0. The van der Waals surface area contributed by atoms with Crippen molar-refractivity contribution in [2.24, 2.45) is 17.4 Å². The number of carbonyl (C=O) groups excluding carboxylic acids is 3. The highest BCUT2D eigenvalue weighted by atomic mass is 32.1. The van der Waals surface area contributed by atoms with E-state index in [1.54, 1.807) is 13.8 Å². The Hall–Kier alpha value is -1.85. The lowest BCUT2D eigenvalue weighted by Gasteiger charge is -2.24. The third-order valence-corrected chi connectivity index (χ3v) is 4.51. The van der Waals surface area contributed by atoms with Crippen LogP contribution in [0.1, 0.15) is 40.0 Å². The first kappa shape index (κ1) is 26.1. The van der Waals surface area contributed by atoms with Crippen molar-refractivity contribution < 1.29 is 24.3 Å². The van der Waals surface area contributed by atoms with Crippen LogP contribution >= 0.6 is 12.6 Å². The van der Waals surface area contributed by atoms with Crippen LogP contribution in [0.3, 0.4) is 0 Å². The molecule has 0 rings (SSSR count). The van der Waals surface area contributed by atoms with Crippen LogP contribution in [0, 0.1) is 5.92 Å². The van der Waals surface area contributed by atoms with Gasteiger partial charge in [-0.15, -0.1) is 0 Å². The van der Waals surface area contributed by atoms with Gasteiger partial charge in [-0.1, -0.05) is 13.8 Å². The number of rotatable bonds is 13. The number of carboxylic acids is 1. The summed E-state index contributed by atoms with van der Waals surface area (Å²) in [5, 5.41) is 16.3. The number of aliphatic carboxylic acids is 1. The van der Waals surface area contributed by atoms with Crippen molar-refractivity contribution in [1.82, 2.24) is 16.0 Å². The Kier molecular flexibility index (Phi) is 12.5. The SMILES string of the molecule is CC(NC(=O)C(CS)NC(=O)C(CCCCN)NC(=O)C(N)C(C)C)C(=O)O. The van der Waals surface area contributed by atoms with E-state index in [9.17, 15) is 19.2 Å². The number of carbonyl (C=O) groups is 4. The molecule has 0 saturated carbocycles. The van der Waals surface area contributed by atoms with Crippen LogP contribution in [-0.2, 0) is 19.2 Å². The van der Waals surface area contributed by atoms with Crippen molar-refractivity contribution in [1.29, 1.82) is 0 Å². The van der Waals surface area contributed by atoms with Gasteiger partial charge < -0.3 is 32.5 Å². The molecule has 0 aromatic heterocycles. The van der Waals surface area contributed by atoms with Crippen LogP contribution in [0.2, 0.25) is 0 Å². The Balaban J connectivity index is 5.09. The van der Waals surface area contributed by atoms with E-state index in [-0.39, 0.29) is 11.7 Å². The first-order valence-corrected chi connectivity index (χ1v) is 9.88. The number of nitrogens with one attached hydrogen (secondary N) is 3. The molecule has 4 unspecified atom stereocenters. The maximum atomic E-state index is 12.6. The summed E-state index contributed by atoms with van der Waals surface area (Å²) in [6, 6.07) is -3.83. The highest BCUT2D eigenvalue weighted by Crippen LogP contribution is 2.05. The fourth-order valence-electron chi connectivity index (χ4n) is 2.17. The molecule has 0 aromatic rings. The van der Waals surface area contributed by atoms with Gasteiger partial charge in [0.1, 0.15) is 18.1 Å². The molecule has 0 aliphatic carbocycles. The minimum atomic E-state index is -1.20. The van der Waals surface area contributed by atoms with E-state index >= 15 is 0 Å². The highest BCUT2D eigenvalue weighted by Gasteiger charge is 2.29. The molecule has 0 radical (unpaired) electrons. The summed E-state index contributed by atoms with van der Waals surface area (Å²) in [5.41, 5.74) is 11.3. The Bertz CT molecular complexity index is 546. The smallest absolute Gasteiger partial charge is 0.325 e. The largest absolute Gasteiger partial charge is 0.480 e. The standard InChI is InChI=1S/C17H33N5O5S/c1-9(2)13(19)16(25)21-11(6-4-5-7-18)14(23)22-12(8-28)15(24)20-10(3)17(26)27/h9-13,28H,4-8,18-19H2,1-3H3,(H,20,24)(H,21,25)(H,22,23)(H,26,27).